The van der Waals surface area contributed by atoms with Crippen LogP contribution in [0.15, 0.2) is 158 Å². The number of rotatable bonds is 54. The molecular weight excluding hydrogens is 949 g/mol. The largest absolute Gasteiger partial charge is 0.462 e. The van der Waals surface area contributed by atoms with E-state index in [-0.39, 0.29) is 37.5 Å². The predicted molar refractivity (Wildman–Crippen MR) is 334 cm³/mol. The lowest BCUT2D eigenvalue weighted by molar-refractivity contribution is -0.167. The quantitative estimate of drug-likeness (QED) is 0.0261. The van der Waals surface area contributed by atoms with E-state index in [9.17, 15) is 14.4 Å². The molecular formula is C71H112O6. The highest BCUT2D eigenvalue weighted by atomic mass is 16.6. The molecule has 1 unspecified atom stereocenters. The average Bonchev–Trinajstić information content (AvgIpc) is 3.43. The van der Waals surface area contributed by atoms with Crippen LogP contribution < -0.4 is 0 Å². The molecule has 0 radical (unpaired) electrons. The van der Waals surface area contributed by atoms with Crippen LogP contribution in [0.4, 0.5) is 0 Å². The Morgan fingerprint density at radius 2 is 0.532 bits per heavy atom. The third kappa shape index (κ3) is 61.8. The highest BCUT2D eigenvalue weighted by Crippen LogP contribution is 2.13. The van der Waals surface area contributed by atoms with Gasteiger partial charge >= 0.3 is 17.9 Å². The van der Waals surface area contributed by atoms with Crippen LogP contribution in [0.3, 0.4) is 0 Å². The van der Waals surface area contributed by atoms with Gasteiger partial charge in [0, 0.05) is 19.3 Å². The zero-order chi connectivity index (χ0) is 55.7. The lowest BCUT2D eigenvalue weighted by Gasteiger charge is -2.18. The van der Waals surface area contributed by atoms with E-state index in [0.29, 0.717) is 19.3 Å². The fraction of sp³-hybridized carbons (Fsp3) is 0.592. The van der Waals surface area contributed by atoms with Gasteiger partial charge < -0.3 is 14.2 Å². The molecule has 0 aromatic carbocycles. The fourth-order valence-electron chi connectivity index (χ4n) is 7.84. The van der Waals surface area contributed by atoms with E-state index in [4.69, 9.17) is 14.2 Å². The Kier molecular flexibility index (Phi) is 59.5. The van der Waals surface area contributed by atoms with Gasteiger partial charge in [0.15, 0.2) is 6.10 Å². The van der Waals surface area contributed by atoms with Crippen LogP contribution >= 0.6 is 0 Å². The molecule has 0 N–H and O–H groups in total. The van der Waals surface area contributed by atoms with E-state index in [2.05, 4.69) is 179 Å². The second-order valence-electron chi connectivity index (χ2n) is 19.9. The summed E-state index contributed by atoms with van der Waals surface area (Å²) in [6, 6.07) is 0. The Balaban J connectivity index is 4.45. The molecule has 0 amide bonds. The van der Waals surface area contributed by atoms with Crippen molar-refractivity contribution < 1.29 is 28.6 Å². The first kappa shape index (κ1) is 72.0. The minimum atomic E-state index is -0.820. The first-order valence-electron chi connectivity index (χ1n) is 31.0. The van der Waals surface area contributed by atoms with Gasteiger partial charge in [-0.3, -0.25) is 14.4 Å². The second-order valence-corrected chi connectivity index (χ2v) is 19.9. The lowest BCUT2D eigenvalue weighted by atomic mass is 10.1. The Morgan fingerprint density at radius 1 is 0.273 bits per heavy atom. The summed E-state index contributed by atoms with van der Waals surface area (Å²) in [6.07, 6.45) is 92.5. The smallest absolute Gasteiger partial charge is 0.306 e. The Labute approximate surface area is 473 Å². The molecule has 0 saturated carbocycles. The molecule has 0 bridgehead atoms. The molecule has 6 nitrogen and oxygen atoms in total. The van der Waals surface area contributed by atoms with Crippen molar-refractivity contribution >= 4 is 17.9 Å². The number of hydrogen-bond acceptors (Lipinski definition) is 6. The molecule has 432 valence electrons. The summed E-state index contributed by atoms with van der Waals surface area (Å²) in [4.78, 5) is 38.2. The fourth-order valence-corrected chi connectivity index (χ4v) is 7.84. The Bertz CT molecular complexity index is 1740. The van der Waals surface area contributed by atoms with Crippen LogP contribution in [0, 0.1) is 0 Å². The topological polar surface area (TPSA) is 78.9 Å². The highest BCUT2D eigenvalue weighted by Gasteiger charge is 2.19. The van der Waals surface area contributed by atoms with Gasteiger partial charge in [0.05, 0.1) is 0 Å². The average molecular weight is 1060 g/mol. The van der Waals surface area contributed by atoms with Gasteiger partial charge in [0.2, 0.25) is 0 Å². The number of carbonyl (C=O) groups excluding carboxylic acids is 3. The molecule has 0 aromatic rings. The summed E-state index contributed by atoms with van der Waals surface area (Å²) in [7, 11) is 0. The first-order valence-corrected chi connectivity index (χ1v) is 31.0. The molecule has 0 aromatic heterocycles. The Hall–Kier alpha value is -4.97. The van der Waals surface area contributed by atoms with Crippen LogP contribution in [0.2, 0.25) is 0 Å². The third-order valence-corrected chi connectivity index (χ3v) is 12.5. The zero-order valence-electron chi connectivity index (χ0n) is 49.4. The minimum absolute atomic E-state index is 0.112. The van der Waals surface area contributed by atoms with E-state index in [1.54, 1.807) is 0 Å². The summed E-state index contributed by atoms with van der Waals surface area (Å²) in [6.45, 7) is 6.38. The van der Waals surface area contributed by atoms with Gasteiger partial charge in [0.1, 0.15) is 13.2 Å². The number of carbonyl (C=O) groups is 3. The molecule has 0 saturated heterocycles. The van der Waals surface area contributed by atoms with Crippen LogP contribution in [0.1, 0.15) is 252 Å². The van der Waals surface area contributed by atoms with Crippen molar-refractivity contribution in [2.24, 2.45) is 0 Å². The number of unbranched alkanes of at least 4 members (excludes halogenated alkanes) is 17. The molecule has 0 aliphatic carbocycles. The molecule has 6 heteroatoms. The van der Waals surface area contributed by atoms with Crippen molar-refractivity contribution in [2.45, 2.75) is 258 Å². The molecule has 0 spiro atoms. The lowest BCUT2D eigenvalue weighted by Crippen LogP contribution is -2.30. The van der Waals surface area contributed by atoms with E-state index >= 15 is 0 Å². The monoisotopic (exact) mass is 1060 g/mol. The normalized spacial score (nSPS) is 13.2. The second kappa shape index (κ2) is 63.6. The van der Waals surface area contributed by atoms with Crippen molar-refractivity contribution in [2.75, 3.05) is 13.2 Å². The van der Waals surface area contributed by atoms with Crippen LogP contribution in [-0.4, -0.2) is 37.2 Å². The van der Waals surface area contributed by atoms with E-state index in [0.717, 1.165) is 141 Å². The van der Waals surface area contributed by atoms with Crippen molar-refractivity contribution in [3.8, 4) is 0 Å². The molecule has 77 heavy (non-hydrogen) atoms. The molecule has 0 heterocycles. The van der Waals surface area contributed by atoms with Gasteiger partial charge in [-0.2, -0.15) is 0 Å². The maximum absolute atomic E-state index is 12.9. The minimum Gasteiger partial charge on any atom is -0.462 e. The molecule has 0 rings (SSSR count). The molecule has 0 fully saturated rings. The molecule has 0 aliphatic heterocycles. The predicted octanol–water partition coefficient (Wildman–Crippen LogP) is 21.3. The first-order chi connectivity index (χ1) is 38.0. The van der Waals surface area contributed by atoms with Gasteiger partial charge in [0.25, 0.3) is 0 Å². The van der Waals surface area contributed by atoms with Crippen molar-refractivity contribution in [3.05, 3.63) is 158 Å². The summed E-state index contributed by atoms with van der Waals surface area (Å²) in [5.74, 6) is -1.00. The van der Waals surface area contributed by atoms with Gasteiger partial charge in [-0.05, 0) is 141 Å². The standard InChI is InChI=1S/C71H112O6/c1-4-7-10-13-16-19-22-24-26-28-30-31-32-33-34-35-36-37-38-39-41-42-44-46-49-52-55-58-61-64-70(73)76-67-68(66-75-69(72)63-60-57-54-51-48-21-18-15-12-9-6-3)77-71(74)65-62-59-56-53-50-47-45-43-40-29-27-25-23-20-17-14-11-8-5-2/h7,10,15-20,24-27,30-31,33-34,36-37,39-41,43-44,46,52,55,68H,4-6,8-9,11-14,21-23,28-29,32,35,38,42,45,47-51,53-54,56-67H2,1-3H3/b10-7-,18-15-,19-16-,20-17-,26-24-,27-25-,31-30-,34-33-,37-36-,41-39-,43-40-,46-44-,55-52-. The van der Waals surface area contributed by atoms with Crippen LogP contribution in [0.25, 0.3) is 0 Å². The van der Waals surface area contributed by atoms with E-state index < -0.39 is 6.10 Å². The number of hydrogen-bond donors (Lipinski definition) is 0. The van der Waals surface area contributed by atoms with Crippen LogP contribution in [0.5, 0.6) is 0 Å². The zero-order valence-corrected chi connectivity index (χ0v) is 49.4. The highest BCUT2D eigenvalue weighted by molar-refractivity contribution is 5.71. The van der Waals surface area contributed by atoms with Crippen molar-refractivity contribution in [1.29, 1.82) is 0 Å². The van der Waals surface area contributed by atoms with E-state index in [1.165, 1.54) is 64.2 Å². The molecule has 0 aliphatic rings. The number of esters is 3. The number of allylic oxidation sites excluding steroid dienone is 26. The maximum Gasteiger partial charge on any atom is 0.306 e. The summed E-state index contributed by atoms with van der Waals surface area (Å²) >= 11 is 0. The van der Waals surface area contributed by atoms with Crippen molar-refractivity contribution in [1.82, 2.24) is 0 Å². The Morgan fingerprint density at radius 3 is 0.896 bits per heavy atom. The SMILES string of the molecule is CC/C=C\C/C=C\C/C=C\C/C=C\C/C=C\C/C=C\C/C=C\C/C=C\C/C=C\CCCC(=O)OCC(COC(=O)CCCCCCC/C=C\CCCC)OC(=O)CCCCCCCC/C=C\C/C=C\C/C=C\CCCCC. The van der Waals surface area contributed by atoms with Gasteiger partial charge in [-0.1, -0.05) is 249 Å². The third-order valence-electron chi connectivity index (χ3n) is 12.5. The van der Waals surface area contributed by atoms with Gasteiger partial charge in [-0.15, -0.1) is 0 Å². The van der Waals surface area contributed by atoms with Gasteiger partial charge in [-0.25, -0.2) is 0 Å². The maximum atomic E-state index is 12.9. The number of ether oxygens (including phenoxy) is 3. The summed E-state index contributed by atoms with van der Waals surface area (Å²) in [5.41, 5.74) is 0. The summed E-state index contributed by atoms with van der Waals surface area (Å²) in [5, 5.41) is 0. The molecule has 1 atom stereocenters. The van der Waals surface area contributed by atoms with Crippen molar-refractivity contribution in [3.63, 3.8) is 0 Å². The van der Waals surface area contributed by atoms with Crippen LogP contribution in [-0.2, 0) is 28.6 Å². The van der Waals surface area contributed by atoms with E-state index in [1.807, 2.05) is 0 Å². The summed E-state index contributed by atoms with van der Waals surface area (Å²) < 4.78 is 16.8.